The number of hydrogen-bond donors (Lipinski definition) is 1. The van der Waals surface area contributed by atoms with Crippen LogP contribution in [-0.4, -0.2) is 34.8 Å². The van der Waals surface area contributed by atoms with Crippen LogP contribution in [0.15, 0.2) is 35.8 Å². The topological polar surface area (TPSA) is 62.3 Å². The number of anilines is 1. The van der Waals surface area contributed by atoms with E-state index in [9.17, 15) is 9.59 Å². The number of nitrogens with one attached hydrogen (secondary N) is 1. The number of carbonyl (C=O) groups excluding carboxylic acids is 2. The molecule has 1 fully saturated rings. The molecule has 0 unspecified atom stereocenters. The number of thiazole rings is 1. The van der Waals surface area contributed by atoms with E-state index < -0.39 is 0 Å². The smallest absolute Gasteiger partial charge is 0.231 e. The van der Waals surface area contributed by atoms with Gasteiger partial charge in [-0.1, -0.05) is 24.3 Å². The van der Waals surface area contributed by atoms with Crippen molar-refractivity contribution in [2.24, 2.45) is 5.92 Å². The molecule has 0 saturated carbocycles. The van der Waals surface area contributed by atoms with Crippen molar-refractivity contribution in [1.29, 1.82) is 0 Å². The van der Waals surface area contributed by atoms with Crippen molar-refractivity contribution in [1.82, 2.24) is 9.88 Å². The maximum absolute atomic E-state index is 13.2. The zero-order chi connectivity index (χ0) is 17.9. The van der Waals surface area contributed by atoms with Gasteiger partial charge in [0, 0.05) is 24.7 Å². The predicted octanol–water partition coefficient (Wildman–Crippen LogP) is 3.44. The lowest BCUT2D eigenvalue weighted by Gasteiger charge is -2.36. The number of hydrogen-bond acceptors (Lipinski definition) is 4. The van der Waals surface area contributed by atoms with Crippen LogP contribution in [0.3, 0.4) is 0 Å². The number of amides is 2. The number of fused-ring (bicyclic) bond motifs is 1. The maximum atomic E-state index is 13.2. The Kier molecular flexibility index (Phi) is 5.02. The van der Waals surface area contributed by atoms with Gasteiger partial charge in [0.2, 0.25) is 11.8 Å². The first kappa shape index (κ1) is 17.2. The van der Waals surface area contributed by atoms with E-state index in [1.54, 1.807) is 6.20 Å². The van der Waals surface area contributed by atoms with Crippen LogP contribution < -0.4 is 5.32 Å². The zero-order valence-electron chi connectivity index (χ0n) is 14.7. The van der Waals surface area contributed by atoms with Crippen molar-refractivity contribution in [3.8, 4) is 0 Å². The van der Waals surface area contributed by atoms with Gasteiger partial charge < -0.3 is 10.2 Å². The first-order chi connectivity index (χ1) is 12.7. The van der Waals surface area contributed by atoms with Crippen LogP contribution in [0, 0.1) is 5.92 Å². The van der Waals surface area contributed by atoms with Crippen LogP contribution in [0.1, 0.15) is 42.7 Å². The Hall–Kier alpha value is -2.21. The zero-order valence-corrected chi connectivity index (χ0v) is 15.5. The van der Waals surface area contributed by atoms with Gasteiger partial charge >= 0.3 is 0 Å². The van der Waals surface area contributed by atoms with Gasteiger partial charge in [-0.25, -0.2) is 4.98 Å². The van der Waals surface area contributed by atoms with Gasteiger partial charge in [0.25, 0.3) is 0 Å². The number of piperidine rings is 1. The monoisotopic (exact) mass is 369 g/mol. The van der Waals surface area contributed by atoms with Crippen molar-refractivity contribution in [3.05, 3.63) is 47.0 Å². The van der Waals surface area contributed by atoms with Crippen LogP contribution in [0.2, 0.25) is 0 Å². The van der Waals surface area contributed by atoms with Gasteiger partial charge in [-0.2, -0.15) is 0 Å². The third kappa shape index (κ3) is 3.51. The number of carbonyl (C=O) groups is 2. The lowest BCUT2D eigenvalue weighted by atomic mass is 9.81. The Morgan fingerprint density at radius 3 is 2.92 bits per heavy atom. The van der Waals surface area contributed by atoms with Crippen molar-refractivity contribution < 1.29 is 9.59 Å². The number of rotatable bonds is 3. The summed E-state index contributed by atoms with van der Waals surface area (Å²) in [5.74, 6) is -0.0541. The molecule has 0 bridgehead atoms. The van der Waals surface area contributed by atoms with Gasteiger partial charge in [0.05, 0.1) is 11.8 Å². The summed E-state index contributed by atoms with van der Waals surface area (Å²) in [4.78, 5) is 31.7. The molecule has 2 amide bonds. The average molecular weight is 369 g/mol. The molecule has 0 spiro atoms. The first-order valence-electron chi connectivity index (χ1n) is 9.29. The molecule has 1 aliphatic carbocycles. The number of nitrogens with zero attached hydrogens (tertiary/aromatic N) is 2. The minimum absolute atomic E-state index is 0.0264. The Bertz CT molecular complexity index is 790. The number of benzene rings is 1. The van der Waals surface area contributed by atoms with Crippen LogP contribution in [0.5, 0.6) is 0 Å². The summed E-state index contributed by atoms with van der Waals surface area (Å²) in [6.07, 6.45) is 6.38. The molecular formula is C20H23N3O2S. The summed E-state index contributed by atoms with van der Waals surface area (Å²) in [5.41, 5.74) is 2.48. The molecule has 1 aromatic heterocycles. The second kappa shape index (κ2) is 7.58. The van der Waals surface area contributed by atoms with Crippen molar-refractivity contribution in [2.45, 2.75) is 38.0 Å². The summed E-state index contributed by atoms with van der Waals surface area (Å²) in [5, 5.41) is 5.34. The molecule has 5 nitrogen and oxygen atoms in total. The molecule has 6 heteroatoms. The molecule has 136 valence electrons. The number of aromatic nitrogens is 1. The third-order valence-electron chi connectivity index (χ3n) is 5.43. The average Bonchev–Trinajstić information content (AvgIpc) is 3.20. The SMILES string of the molecule is O=C(Nc1nccs1)[C@H]1CCCN(C(=O)[C@H]2CCCc3ccccc32)C1. The van der Waals surface area contributed by atoms with E-state index in [0.29, 0.717) is 11.7 Å². The van der Waals surface area contributed by atoms with Gasteiger partial charge in [0.1, 0.15) is 0 Å². The van der Waals surface area contributed by atoms with Gasteiger partial charge in [-0.05, 0) is 43.2 Å². The summed E-state index contributed by atoms with van der Waals surface area (Å²) in [6.45, 7) is 1.26. The Morgan fingerprint density at radius 1 is 1.19 bits per heavy atom. The number of aryl methyl sites for hydroxylation is 1. The molecule has 2 aliphatic rings. The minimum Gasteiger partial charge on any atom is -0.341 e. The van der Waals surface area contributed by atoms with Crippen molar-refractivity contribution >= 4 is 28.3 Å². The summed E-state index contributed by atoms with van der Waals surface area (Å²) < 4.78 is 0. The van der Waals surface area contributed by atoms with Crippen LogP contribution in [0.25, 0.3) is 0 Å². The summed E-state index contributed by atoms with van der Waals surface area (Å²) >= 11 is 1.41. The Morgan fingerprint density at radius 2 is 2.08 bits per heavy atom. The molecule has 1 aliphatic heterocycles. The second-order valence-electron chi connectivity index (χ2n) is 7.09. The van der Waals surface area contributed by atoms with E-state index in [1.165, 1.54) is 22.5 Å². The molecule has 2 aromatic rings. The quantitative estimate of drug-likeness (QED) is 0.901. The fourth-order valence-corrected chi connectivity index (χ4v) is 4.65. The highest BCUT2D eigenvalue weighted by Gasteiger charge is 2.34. The molecule has 2 atom stereocenters. The summed E-state index contributed by atoms with van der Waals surface area (Å²) in [7, 11) is 0. The van der Waals surface area contributed by atoms with E-state index in [4.69, 9.17) is 0 Å². The highest BCUT2D eigenvalue weighted by atomic mass is 32.1. The molecule has 2 heterocycles. The largest absolute Gasteiger partial charge is 0.341 e. The van der Waals surface area contributed by atoms with E-state index in [1.807, 2.05) is 22.4 Å². The van der Waals surface area contributed by atoms with Gasteiger partial charge in [-0.3, -0.25) is 9.59 Å². The highest BCUT2D eigenvalue weighted by Crippen LogP contribution is 2.34. The minimum atomic E-state index is -0.157. The molecule has 0 radical (unpaired) electrons. The van der Waals surface area contributed by atoms with E-state index in [2.05, 4.69) is 22.4 Å². The molecular weight excluding hydrogens is 346 g/mol. The Balaban J connectivity index is 1.44. The van der Waals surface area contributed by atoms with Crippen LogP contribution >= 0.6 is 11.3 Å². The predicted molar refractivity (Wildman–Crippen MR) is 102 cm³/mol. The standard InChI is InChI=1S/C20H23N3O2S/c24-18(22-20-21-10-12-26-20)15-7-4-11-23(13-15)19(25)17-9-3-6-14-5-1-2-8-16(14)17/h1-2,5,8,10,12,15,17H,3-4,6-7,9,11,13H2,(H,21,22,24)/t15-,17-/m0/s1. The van der Waals surface area contributed by atoms with Crippen molar-refractivity contribution in [3.63, 3.8) is 0 Å². The summed E-state index contributed by atoms with van der Waals surface area (Å²) in [6, 6.07) is 8.29. The van der Waals surface area contributed by atoms with E-state index in [-0.39, 0.29) is 23.7 Å². The van der Waals surface area contributed by atoms with Gasteiger partial charge in [0.15, 0.2) is 5.13 Å². The van der Waals surface area contributed by atoms with E-state index in [0.717, 1.165) is 38.6 Å². The Labute approximate surface area is 157 Å². The maximum Gasteiger partial charge on any atom is 0.231 e. The lowest BCUT2D eigenvalue weighted by Crippen LogP contribution is -2.46. The van der Waals surface area contributed by atoms with Crippen LogP contribution in [0.4, 0.5) is 5.13 Å². The number of likely N-dealkylation sites (tertiary alicyclic amines) is 1. The highest BCUT2D eigenvalue weighted by molar-refractivity contribution is 7.13. The lowest BCUT2D eigenvalue weighted by molar-refractivity contribution is -0.136. The fraction of sp³-hybridized carbons (Fsp3) is 0.450. The third-order valence-corrected chi connectivity index (χ3v) is 6.12. The van der Waals surface area contributed by atoms with E-state index >= 15 is 0 Å². The molecule has 26 heavy (non-hydrogen) atoms. The fourth-order valence-electron chi connectivity index (χ4n) is 4.11. The second-order valence-corrected chi connectivity index (χ2v) is 7.99. The van der Waals surface area contributed by atoms with Gasteiger partial charge in [-0.15, -0.1) is 11.3 Å². The normalized spacial score (nSPS) is 22.5. The van der Waals surface area contributed by atoms with Crippen molar-refractivity contribution in [2.75, 3.05) is 18.4 Å². The first-order valence-corrected chi connectivity index (χ1v) is 10.2. The van der Waals surface area contributed by atoms with Crippen LogP contribution in [-0.2, 0) is 16.0 Å². The molecule has 4 rings (SSSR count). The molecule has 1 aromatic carbocycles. The molecule has 1 N–H and O–H groups in total. The molecule has 1 saturated heterocycles.